The highest BCUT2D eigenvalue weighted by molar-refractivity contribution is 7.79. The van der Waals surface area contributed by atoms with E-state index in [1.165, 1.54) is 29.2 Å². The van der Waals surface area contributed by atoms with E-state index in [1.54, 1.807) is 18.3 Å². The van der Waals surface area contributed by atoms with Crippen molar-refractivity contribution in [3.63, 3.8) is 0 Å². The van der Waals surface area contributed by atoms with E-state index in [-0.39, 0.29) is 10.9 Å². The first kappa shape index (κ1) is 21.9. The van der Waals surface area contributed by atoms with Crippen molar-refractivity contribution in [3.05, 3.63) is 90.8 Å². The van der Waals surface area contributed by atoms with Crippen LogP contribution in [0.5, 0.6) is 0 Å². The Kier molecular flexibility index (Phi) is 7.31. The molecule has 158 valence electrons. The highest BCUT2D eigenvalue weighted by Gasteiger charge is 2.07. The molecule has 1 amide bonds. The molecule has 3 heterocycles. The Bertz CT molecular complexity index is 1200. The Morgan fingerprint density at radius 3 is 2.55 bits per heavy atom. The van der Waals surface area contributed by atoms with Gasteiger partial charge in [-0.05, 0) is 28.8 Å². The Labute approximate surface area is 179 Å². The fourth-order valence-corrected chi connectivity index (χ4v) is 2.95. The first-order chi connectivity index (χ1) is 14.9. The molecule has 1 atom stereocenters. The van der Waals surface area contributed by atoms with Crippen LogP contribution < -0.4 is 5.73 Å². The van der Waals surface area contributed by atoms with Crippen LogP contribution in [0.1, 0.15) is 5.56 Å². The van der Waals surface area contributed by atoms with Crippen molar-refractivity contribution in [1.82, 2.24) is 19.7 Å². The minimum Gasteiger partial charge on any atom is -0.767 e. The molecule has 4 aromatic rings. The van der Waals surface area contributed by atoms with E-state index in [0.29, 0.717) is 23.4 Å². The molecular formula is C21H17FN5O3S-. The van der Waals surface area contributed by atoms with Crippen LogP contribution in [-0.4, -0.2) is 34.4 Å². The van der Waals surface area contributed by atoms with Crippen molar-refractivity contribution in [1.29, 1.82) is 0 Å². The number of rotatable bonds is 5. The van der Waals surface area contributed by atoms with Gasteiger partial charge in [0.15, 0.2) is 0 Å². The highest BCUT2D eigenvalue weighted by Crippen LogP contribution is 2.19. The van der Waals surface area contributed by atoms with E-state index in [1.807, 2.05) is 30.3 Å². The maximum absolute atomic E-state index is 13.1. The number of pyridine rings is 2. The Hall–Kier alpha value is -3.76. The predicted molar refractivity (Wildman–Crippen MR) is 111 cm³/mol. The molecule has 10 heteroatoms. The number of carbonyl (C=O) groups is 1. The van der Waals surface area contributed by atoms with Crippen molar-refractivity contribution in [2.45, 2.75) is 11.4 Å². The first-order valence-corrected chi connectivity index (χ1v) is 10.0. The van der Waals surface area contributed by atoms with Crippen LogP contribution >= 0.6 is 0 Å². The number of hydrogen-bond donors (Lipinski definition) is 1. The lowest BCUT2D eigenvalue weighted by molar-refractivity contribution is -0.117. The van der Waals surface area contributed by atoms with Gasteiger partial charge in [-0.3, -0.25) is 14.0 Å². The van der Waals surface area contributed by atoms with Gasteiger partial charge in [-0.2, -0.15) is 5.10 Å². The third kappa shape index (κ3) is 6.36. The number of benzene rings is 1. The molecule has 0 saturated carbocycles. The second-order valence-corrected chi connectivity index (χ2v) is 7.15. The smallest absolute Gasteiger partial charge is 0.221 e. The lowest BCUT2D eigenvalue weighted by Crippen LogP contribution is -2.13. The van der Waals surface area contributed by atoms with Crippen LogP contribution in [0.15, 0.2) is 84.4 Å². The predicted octanol–water partition coefficient (Wildman–Crippen LogP) is 2.42. The zero-order valence-corrected chi connectivity index (χ0v) is 16.9. The van der Waals surface area contributed by atoms with E-state index in [0.717, 1.165) is 11.8 Å². The van der Waals surface area contributed by atoms with Crippen LogP contribution in [0.2, 0.25) is 0 Å². The molecule has 0 bridgehead atoms. The van der Waals surface area contributed by atoms with Crippen LogP contribution in [0.4, 0.5) is 4.39 Å². The van der Waals surface area contributed by atoms with E-state index in [4.69, 9.17) is 5.73 Å². The fourth-order valence-electron chi connectivity index (χ4n) is 2.59. The summed E-state index contributed by atoms with van der Waals surface area (Å²) in [6.45, 7) is 0. The molecule has 4 rings (SSSR count). The number of nitrogens with two attached hydrogens (primary N) is 1. The Morgan fingerprint density at radius 1 is 1.10 bits per heavy atom. The van der Waals surface area contributed by atoms with Gasteiger partial charge in [0.1, 0.15) is 10.8 Å². The zero-order valence-electron chi connectivity index (χ0n) is 16.1. The number of aromatic nitrogens is 4. The number of amides is 1. The number of carbonyl (C=O) groups excluding carboxylic acids is 1. The third-order valence-corrected chi connectivity index (χ3v) is 4.52. The molecule has 1 unspecified atom stereocenters. The molecule has 3 aromatic heterocycles. The van der Waals surface area contributed by atoms with Gasteiger partial charge in [0.2, 0.25) is 5.91 Å². The lowest BCUT2D eigenvalue weighted by atomic mass is 10.1. The van der Waals surface area contributed by atoms with Crippen molar-refractivity contribution < 1.29 is 17.9 Å². The van der Waals surface area contributed by atoms with E-state index < -0.39 is 16.9 Å². The topological polar surface area (TPSA) is 127 Å². The molecule has 0 radical (unpaired) electrons. The molecule has 31 heavy (non-hydrogen) atoms. The summed E-state index contributed by atoms with van der Waals surface area (Å²) < 4.78 is 36.4. The van der Waals surface area contributed by atoms with Crippen molar-refractivity contribution >= 4 is 17.0 Å². The normalized spacial score (nSPS) is 11.3. The zero-order chi connectivity index (χ0) is 22.2. The maximum Gasteiger partial charge on any atom is 0.221 e. The summed E-state index contributed by atoms with van der Waals surface area (Å²) in [5.74, 6) is -0.752. The second-order valence-electron chi connectivity index (χ2n) is 6.26. The van der Waals surface area contributed by atoms with Crippen molar-refractivity contribution in [2.24, 2.45) is 5.73 Å². The largest absolute Gasteiger partial charge is 0.767 e. The molecule has 8 nitrogen and oxygen atoms in total. The molecule has 0 spiro atoms. The molecule has 0 aliphatic heterocycles. The Balaban J connectivity index is 0.000000229. The van der Waals surface area contributed by atoms with Gasteiger partial charge in [-0.25, -0.2) is 14.1 Å². The van der Waals surface area contributed by atoms with Gasteiger partial charge < -0.3 is 10.3 Å². The van der Waals surface area contributed by atoms with Gasteiger partial charge in [0, 0.05) is 17.8 Å². The fraction of sp³-hybridized carbons (Fsp3) is 0.0476. The molecule has 0 aliphatic carbocycles. The summed E-state index contributed by atoms with van der Waals surface area (Å²) in [5, 5.41) is 4.05. The first-order valence-electron chi connectivity index (χ1n) is 8.97. The summed E-state index contributed by atoms with van der Waals surface area (Å²) in [5.41, 5.74) is 7.50. The van der Waals surface area contributed by atoms with Gasteiger partial charge >= 0.3 is 0 Å². The summed E-state index contributed by atoms with van der Waals surface area (Å²) in [4.78, 5) is 18.1. The standard InChI is InChI=1S/C13H9FN4O2S.C8H9NO/c14-10-4-11(7-15-6-10)18-8-9(5-16-18)12-2-1-3-13(17-12)21(19)20;9-8(10)6-7-4-2-1-3-5-7/h1-8H,(H,19,20);1-5H,6H2,(H2,9,10)/p-1. The monoisotopic (exact) mass is 438 g/mol. The minimum atomic E-state index is -2.39. The number of primary amides is 1. The molecule has 2 N–H and O–H groups in total. The van der Waals surface area contributed by atoms with Crippen molar-refractivity contribution in [3.8, 4) is 16.9 Å². The molecular weight excluding hydrogens is 421 g/mol. The summed E-state index contributed by atoms with van der Waals surface area (Å²) >= 11 is -2.39. The van der Waals surface area contributed by atoms with Gasteiger partial charge in [0.05, 0.1) is 36.4 Å². The summed E-state index contributed by atoms with van der Waals surface area (Å²) in [6, 6.07) is 15.4. The molecule has 1 aromatic carbocycles. The van der Waals surface area contributed by atoms with Crippen LogP contribution in [0.25, 0.3) is 16.9 Å². The van der Waals surface area contributed by atoms with Crippen molar-refractivity contribution in [2.75, 3.05) is 0 Å². The average molecular weight is 438 g/mol. The van der Waals surface area contributed by atoms with Gasteiger partial charge in [-0.15, -0.1) is 0 Å². The lowest BCUT2D eigenvalue weighted by Gasteiger charge is -2.05. The van der Waals surface area contributed by atoms with Crippen LogP contribution in [-0.2, 0) is 22.3 Å². The molecule has 0 fully saturated rings. The minimum absolute atomic E-state index is 0.0485. The van der Waals surface area contributed by atoms with Crippen LogP contribution in [0, 0.1) is 5.82 Å². The molecule has 0 aliphatic rings. The molecule has 0 saturated heterocycles. The third-order valence-electron chi connectivity index (χ3n) is 3.95. The highest BCUT2D eigenvalue weighted by atomic mass is 32.2. The average Bonchev–Trinajstić information content (AvgIpc) is 3.25. The van der Waals surface area contributed by atoms with Gasteiger partial charge in [-0.1, -0.05) is 36.4 Å². The number of hydrogen-bond acceptors (Lipinski definition) is 6. The summed E-state index contributed by atoms with van der Waals surface area (Å²) in [7, 11) is 0. The van der Waals surface area contributed by atoms with Crippen LogP contribution in [0.3, 0.4) is 0 Å². The quantitative estimate of drug-likeness (QED) is 0.477. The second kappa shape index (κ2) is 10.3. The van der Waals surface area contributed by atoms with E-state index in [2.05, 4.69) is 15.1 Å². The number of halogens is 1. The number of nitrogens with zero attached hydrogens (tertiary/aromatic N) is 4. The Morgan fingerprint density at radius 2 is 1.87 bits per heavy atom. The van der Waals surface area contributed by atoms with Gasteiger partial charge in [0.25, 0.3) is 0 Å². The maximum atomic E-state index is 13.1. The van der Waals surface area contributed by atoms with E-state index >= 15 is 0 Å². The summed E-state index contributed by atoms with van der Waals surface area (Å²) in [6.07, 6.45) is 6.04. The SMILES string of the molecule is NC(=O)Cc1ccccc1.O=S([O-])c1cccc(-c2cnn(-c3cncc(F)c3)c2)n1. The van der Waals surface area contributed by atoms with E-state index in [9.17, 15) is 17.9 Å².